The lowest BCUT2D eigenvalue weighted by atomic mass is 10.0. The molecule has 0 saturated carbocycles. The van der Waals surface area contributed by atoms with Crippen LogP contribution in [-0.4, -0.2) is 23.2 Å². The van der Waals surface area contributed by atoms with Crippen molar-refractivity contribution in [3.05, 3.63) is 97.4 Å². The maximum absolute atomic E-state index is 12.9. The van der Waals surface area contributed by atoms with Gasteiger partial charge in [-0.1, -0.05) is 105 Å². The van der Waals surface area contributed by atoms with Gasteiger partial charge in [0.2, 0.25) is 0 Å². The van der Waals surface area contributed by atoms with Crippen molar-refractivity contribution in [2.45, 2.75) is 72.4 Å². The fraction of sp³-hybridized carbons (Fsp3) is 0.406. The number of nitrogens with zero attached hydrogens (tertiary/aromatic N) is 2. The molecule has 0 saturated heterocycles. The molecule has 3 aromatic rings. The van der Waals surface area contributed by atoms with Gasteiger partial charge in [-0.15, -0.1) is 0 Å². The van der Waals surface area contributed by atoms with Crippen LogP contribution in [0.15, 0.2) is 64.5 Å². The van der Waals surface area contributed by atoms with Crippen LogP contribution in [0.3, 0.4) is 0 Å². The summed E-state index contributed by atoms with van der Waals surface area (Å²) in [4.78, 5) is 29.7. The van der Waals surface area contributed by atoms with E-state index in [9.17, 15) is 9.59 Å². The molecule has 0 radical (unpaired) electrons. The van der Waals surface area contributed by atoms with Crippen LogP contribution >= 0.6 is 23.2 Å². The molecule has 8 nitrogen and oxygen atoms in total. The molecule has 0 spiro atoms. The van der Waals surface area contributed by atoms with Gasteiger partial charge in [-0.25, -0.2) is 4.79 Å². The molecule has 0 amide bonds. The molecule has 1 unspecified atom stereocenters. The SMILES string of the molecule is CCCCC(CC)COC(=O)O/N=C(\N)c1ccc(CCn2c(COc3cccc(CC)c3)c(Cl)cc(Cl)c2=O)cc1. The van der Waals surface area contributed by atoms with Crippen molar-refractivity contribution in [2.75, 3.05) is 6.61 Å². The van der Waals surface area contributed by atoms with E-state index in [0.717, 1.165) is 43.2 Å². The number of amidine groups is 1. The molecule has 0 fully saturated rings. The standard InChI is InChI=1S/C32H39Cl2N3O5/c1-4-7-9-23(6-3)20-41-32(39)42-36-30(35)25-14-12-24(13-15-25)16-17-37-29(27(33)19-28(34)31(37)38)21-40-26-11-8-10-22(5-2)18-26/h8,10-15,18-19,23H,4-7,9,16-17,20-21H2,1-3H3,(H2,35,36). The number of hydrogen-bond donors (Lipinski definition) is 1. The zero-order chi connectivity index (χ0) is 30.5. The summed E-state index contributed by atoms with van der Waals surface area (Å²) in [6, 6.07) is 16.5. The van der Waals surface area contributed by atoms with Crippen LogP contribution in [0, 0.1) is 5.92 Å². The Bertz CT molecular complexity index is 1410. The minimum Gasteiger partial charge on any atom is -0.487 e. The Morgan fingerprint density at radius 2 is 1.79 bits per heavy atom. The summed E-state index contributed by atoms with van der Waals surface area (Å²) in [6.45, 7) is 7.01. The fourth-order valence-corrected chi connectivity index (χ4v) is 4.89. The first kappa shape index (κ1) is 33.0. The van der Waals surface area contributed by atoms with E-state index in [1.165, 1.54) is 6.07 Å². The summed E-state index contributed by atoms with van der Waals surface area (Å²) in [5.74, 6) is 1.04. The zero-order valence-corrected chi connectivity index (χ0v) is 25.9. The molecule has 2 N–H and O–H groups in total. The van der Waals surface area contributed by atoms with Crippen molar-refractivity contribution >= 4 is 35.2 Å². The van der Waals surface area contributed by atoms with E-state index in [4.69, 9.17) is 43.2 Å². The van der Waals surface area contributed by atoms with Gasteiger partial charge in [0.05, 0.1) is 17.3 Å². The van der Waals surface area contributed by atoms with Crippen LogP contribution in [0.1, 0.15) is 68.8 Å². The molecular formula is C32H39Cl2N3O5. The van der Waals surface area contributed by atoms with Gasteiger partial charge in [-0.3, -0.25) is 9.63 Å². The van der Waals surface area contributed by atoms with E-state index >= 15 is 0 Å². The molecule has 226 valence electrons. The highest BCUT2D eigenvalue weighted by atomic mass is 35.5. The lowest BCUT2D eigenvalue weighted by molar-refractivity contribution is 0.0443. The van der Waals surface area contributed by atoms with Crippen molar-refractivity contribution in [1.29, 1.82) is 0 Å². The number of rotatable bonds is 15. The van der Waals surface area contributed by atoms with Gasteiger partial charge in [0.25, 0.3) is 5.56 Å². The van der Waals surface area contributed by atoms with E-state index in [1.54, 1.807) is 16.7 Å². The van der Waals surface area contributed by atoms with E-state index in [1.807, 2.05) is 36.4 Å². The molecule has 1 aromatic heterocycles. The number of pyridine rings is 1. The Morgan fingerprint density at radius 3 is 2.48 bits per heavy atom. The summed E-state index contributed by atoms with van der Waals surface area (Å²) in [5, 5.41) is 4.11. The molecular weight excluding hydrogens is 577 g/mol. The second-order valence-electron chi connectivity index (χ2n) is 10.0. The van der Waals surface area contributed by atoms with Gasteiger partial charge in [0.15, 0.2) is 5.84 Å². The highest BCUT2D eigenvalue weighted by Crippen LogP contribution is 2.22. The van der Waals surface area contributed by atoms with Crippen molar-refractivity contribution in [2.24, 2.45) is 16.8 Å². The maximum Gasteiger partial charge on any atom is 0.535 e. The first-order valence-electron chi connectivity index (χ1n) is 14.3. The average molecular weight is 617 g/mol. The largest absolute Gasteiger partial charge is 0.535 e. The van der Waals surface area contributed by atoms with E-state index in [0.29, 0.717) is 47.5 Å². The quantitative estimate of drug-likeness (QED) is 0.0622. The average Bonchev–Trinajstić information content (AvgIpc) is 3.00. The zero-order valence-electron chi connectivity index (χ0n) is 24.4. The number of hydrogen-bond acceptors (Lipinski definition) is 6. The molecule has 10 heteroatoms. The Balaban J connectivity index is 1.61. The summed E-state index contributed by atoms with van der Waals surface area (Å²) in [5.41, 5.74) is 8.88. The lowest BCUT2D eigenvalue weighted by Crippen LogP contribution is -2.26. The molecule has 42 heavy (non-hydrogen) atoms. The smallest absolute Gasteiger partial charge is 0.487 e. The molecule has 3 rings (SSSR count). The fourth-order valence-electron chi connectivity index (χ4n) is 4.36. The maximum atomic E-state index is 12.9. The number of unbranched alkanes of at least 4 members (excludes halogenated alkanes) is 1. The Morgan fingerprint density at radius 1 is 1.02 bits per heavy atom. The minimum atomic E-state index is -0.881. The molecule has 2 aromatic carbocycles. The van der Waals surface area contributed by atoms with Gasteiger partial charge < -0.3 is 19.8 Å². The van der Waals surface area contributed by atoms with Gasteiger partial charge in [-0.05, 0) is 54.5 Å². The monoisotopic (exact) mass is 615 g/mol. The summed E-state index contributed by atoms with van der Waals surface area (Å²) in [6.07, 6.45) is 4.63. The van der Waals surface area contributed by atoms with Crippen LogP contribution in [0.2, 0.25) is 10.0 Å². The molecule has 0 aliphatic rings. The minimum absolute atomic E-state index is 0.0424. The highest BCUT2D eigenvalue weighted by Gasteiger charge is 2.15. The number of aryl methyl sites for hydroxylation is 2. The van der Waals surface area contributed by atoms with Crippen LogP contribution in [0.25, 0.3) is 0 Å². The second-order valence-corrected chi connectivity index (χ2v) is 10.8. The first-order valence-corrected chi connectivity index (χ1v) is 15.1. The van der Waals surface area contributed by atoms with E-state index in [-0.39, 0.29) is 23.0 Å². The lowest BCUT2D eigenvalue weighted by Gasteiger charge is -2.16. The Labute approximate surface area is 257 Å². The Hall–Kier alpha value is -3.49. The van der Waals surface area contributed by atoms with Gasteiger partial charge in [0.1, 0.15) is 17.4 Å². The predicted molar refractivity (Wildman–Crippen MR) is 167 cm³/mol. The highest BCUT2D eigenvalue weighted by molar-refractivity contribution is 6.34. The van der Waals surface area contributed by atoms with Crippen molar-refractivity contribution < 1.29 is 19.1 Å². The van der Waals surface area contributed by atoms with Gasteiger partial charge in [0, 0.05) is 12.1 Å². The third-order valence-electron chi connectivity index (χ3n) is 7.06. The van der Waals surface area contributed by atoms with Gasteiger partial charge >= 0.3 is 6.16 Å². The topological polar surface area (TPSA) is 105 Å². The van der Waals surface area contributed by atoms with Crippen molar-refractivity contribution in [1.82, 2.24) is 4.57 Å². The third kappa shape index (κ3) is 9.81. The van der Waals surface area contributed by atoms with E-state index < -0.39 is 6.16 Å². The number of oxime groups is 1. The van der Waals surface area contributed by atoms with Crippen LogP contribution in [0.5, 0.6) is 5.75 Å². The number of ether oxygens (including phenoxy) is 2. The molecule has 1 atom stereocenters. The summed E-state index contributed by atoms with van der Waals surface area (Å²) in [7, 11) is 0. The van der Waals surface area contributed by atoms with Crippen LogP contribution < -0.4 is 16.0 Å². The number of halogens is 2. The van der Waals surface area contributed by atoms with Gasteiger partial charge in [-0.2, -0.15) is 0 Å². The van der Waals surface area contributed by atoms with Crippen molar-refractivity contribution in [3.63, 3.8) is 0 Å². The van der Waals surface area contributed by atoms with Crippen LogP contribution in [-0.2, 0) is 35.6 Å². The number of nitrogens with two attached hydrogens (primary N) is 1. The molecule has 0 aliphatic carbocycles. The molecule has 0 aliphatic heterocycles. The molecule has 1 heterocycles. The Kier molecular flexibility index (Phi) is 13.2. The second kappa shape index (κ2) is 16.8. The number of carbonyl (C=O) groups excluding carboxylic acids is 1. The van der Waals surface area contributed by atoms with Crippen molar-refractivity contribution in [3.8, 4) is 5.75 Å². The van der Waals surface area contributed by atoms with Crippen LogP contribution in [0.4, 0.5) is 4.79 Å². The third-order valence-corrected chi connectivity index (χ3v) is 7.66. The predicted octanol–water partition coefficient (Wildman–Crippen LogP) is 7.53. The molecule has 0 bridgehead atoms. The number of aromatic nitrogens is 1. The van der Waals surface area contributed by atoms with E-state index in [2.05, 4.69) is 25.9 Å². The normalized spacial score (nSPS) is 12.2. The number of benzene rings is 2. The summed E-state index contributed by atoms with van der Waals surface area (Å²) < 4.78 is 12.7. The first-order chi connectivity index (χ1) is 20.2. The number of carbonyl (C=O) groups is 1. The summed E-state index contributed by atoms with van der Waals surface area (Å²) >= 11 is 12.7.